The Morgan fingerprint density at radius 3 is 2.35 bits per heavy atom. The maximum Gasteiger partial charge on any atom is 0.416 e. The molecule has 1 fully saturated rings. The van der Waals surface area contributed by atoms with Gasteiger partial charge < -0.3 is 10.1 Å². The first-order chi connectivity index (χ1) is 16.0. The lowest BCUT2D eigenvalue weighted by Crippen LogP contribution is -2.42. The second-order valence-electron chi connectivity index (χ2n) is 7.99. The molecule has 2 aromatic carbocycles. The first-order valence-corrected chi connectivity index (χ1v) is 12.1. The largest absolute Gasteiger partial charge is 0.452 e. The van der Waals surface area contributed by atoms with Gasteiger partial charge in [-0.15, -0.1) is 0 Å². The van der Waals surface area contributed by atoms with Crippen molar-refractivity contribution in [1.29, 1.82) is 0 Å². The van der Waals surface area contributed by atoms with Gasteiger partial charge in [-0.1, -0.05) is 36.4 Å². The van der Waals surface area contributed by atoms with Gasteiger partial charge in [-0.2, -0.15) is 17.5 Å². The smallest absolute Gasteiger partial charge is 0.416 e. The maximum atomic E-state index is 12.9. The molecule has 184 valence electrons. The molecular formula is C23H25F3N2O5S. The highest BCUT2D eigenvalue weighted by atomic mass is 32.2. The minimum absolute atomic E-state index is 0.0487. The fourth-order valence-corrected chi connectivity index (χ4v) is 5.08. The molecule has 1 saturated heterocycles. The van der Waals surface area contributed by atoms with E-state index in [1.54, 1.807) is 0 Å². The summed E-state index contributed by atoms with van der Waals surface area (Å²) in [4.78, 5) is 24.2. The normalized spacial score (nSPS) is 16.6. The molecule has 1 aliphatic heterocycles. The van der Waals surface area contributed by atoms with Gasteiger partial charge in [-0.3, -0.25) is 9.59 Å². The van der Waals surface area contributed by atoms with Gasteiger partial charge in [0.2, 0.25) is 10.0 Å². The molecule has 0 aliphatic carbocycles. The number of nitrogens with zero attached hydrogens (tertiary/aromatic N) is 1. The molecule has 2 aromatic rings. The van der Waals surface area contributed by atoms with Crippen LogP contribution >= 0.6 is 0 Å². The van der Waals surface area contributed by atoms with Crippen molar-refractivity contribution in [1.82, 2.24) is 9.62 Å². The first kappa shape index (κ1) is 25.7. The number of benzene rings is 2. The maximum absolute atomic E-state index is 12.9. The highest BCUT2D eigenvalue weighted by Crippen LogP contribution is 2.32. The van der Waals surface area contributed by atoms with Gasteiger partial charge in [-0.05, 0) is 43.5 Å². The van der Waals surface area contributed by atoms with Crippen LogP contribution in [0.15, 0.2) is 59.5 Å². The zero-order valence-corrected chi connectivity index (χ0v) is 19.2. The van der Waals surface area contributed by atoms with Crippen LogP contribution < -0.4 is 5.32 Å². The van der Waals surface area contributed by atoms with Crippen molar-refractivity contribution in [3.05, 3.63) is 65.7 Å². The van der Waals surface area contributed by atoms with Crippen LogP contribution in [0.2, 0.25) is 0 Å². The summed E-state index contributed by atoms with van der Waals surface area (Å²) in [5.74, 6) is -1.68. The van der Waals surface area contributed by atoms with Crippen LogP contribution in [0.3, 0.4) is 0 Å². The standard InChI is InChI=1S/C23H25F3N2O5S/c1-16(21(29)27-15-17-6-3-2-4-7-17)33-22(30)18-10-12-28(13-11-18)34(31,32)20-9-5-8-19(14-20)23(24,25)26/h2-9,14,16,18H,10-13,15H2,1H3,(H,27,29). The first-order valence-electron chi connectivity index (χ1n) is 10.7. The molecule has 1 aliphatic rings. The molecule has 0 saturated carbocycles. The monoisotopic (exact) mass is 498 g/mol. The van der Waals surface area contributed by atoms with E-state index >= 15 is 0 Å². The SMILES string of the molecule is CC(OC(=O)C1CCN(S(=O)(=O)c2cccc(C(F)(F)F)c2)CC1)C(=O)NCc1ccccc1. The van der Waals surface area contributed by atoms with Crippen LogP contribution in [0.25, 0.3) is 0 Å². The summed E-state index contributed by atoms with van der Waals surface area (Å²) >= 11 is 0. The number of ether oxygens (including phenoxy) is 1. The van der Waals surface area contributed by atoms with Crippen LogP contribution in [-0.2, 0) is 37.1 Å². The second kappa shape index (κ2) is 10.6. The number of hydrogen-bond acceptors (Lipinski definition) is 5. The molecule has 11 heteroatoms. The zero-order valence-electron chi connectivity index (χ0n) is 18.4. The third-order valence-corrected chi connectivity index (χ3v) is 7.45. The Kier molecular flexibility index (Phi) is 7.98. The summed E-state index contributed by atoms with van der Waals surface area (Å²) in [6.45, 7) is 1.64. The molecule has 34 heavy (non-hydrogen) atoms. The molecule has 1 atom stereocenters. The van der Waals surface area contributed by atoms with Gasteiger partial charge in [0.05, 0.1) is 16.4 Å². The highest BCUT2D eigenvalue weighted by Gasteiger charge is 2.36. The fraction of sp³-hybridized carbons (Fsp3) is 0.391. The lowest BCUT2D eigenvalue weighted by atomic mass is 9.98. The van der Waals surface area contributed by atoms with Gasteiger partial charge in [0.25, 0.3) is 5.91 Å². The number of sulfonamides is 1. The van der Waals surface area contributed by atoms with E-state index in [0.29, 0.717) is 6.07 Å². The summed E-state index contributed by atoms with van der Waals surface area (Å²) in [5.41, 5.74) is -0.157. The number of hydrogen-bond donors (Lipinski definition) is 1. The predicted molar refractivity (Wildman–Crippen MR) is 117 cm³/mol. The number of piperidine rings is 1. The van der Waals surface area contributed by atoms with Gasteiger partial charge in [-0.25, -0.2) is 8.42 Å². The van der Waals surface area contributed by atoms with E-state index in [4.69, 9.17) is 4.74 Å². The van der Waals surface area contributed by atoms with Crippen LogP contribution in [-0.4, -0.2) is 43.8 Å². The van der Waals surface area contributed by atoms with Crippen molar-refractivity contribution in [2.24, 2.45) is 5.92 Å². The van der Waals surface area contributed by atoms with Crippen LogP contribution in [0, 0.1) is 5.92 Å². The Morgan fingerprint density at radius 1 is 1.09 bits per heavy atom. The zero-order chi connectivity index (χ0) is 24.9. The van der Waals surface area contributed by atoms with Gasteiger partial charge in [0.1, 0.15) is 0 Å². The molecule has 1 amide bonds. The molecule has 1 N–H and O–H groups in total. The minimum Gasteiger partial charge on any atom is -0.452 e. The van der Waals surface area contributed by atoms with Crippen LogP contribution in [0.4, 0.5) is 13.2 Å². The minimum atomic E-state index is -4.66. The molecule has 0 spiro atoms. The van der Waals surface area contributed by atoms with Crippen molar-refractivity contribution in [3.63, 3.8) is 0 Å². The Bertz CT molecular complexity index is 1110. The molecule has 1 heterocycles. The Hall–Kier alpha value is -2.92. The summed E-state index contributed by atoms with van der Waals surface area (Å²) in [6.07, 6.45) is -5.42. The molecule has 0 bridgehead atoms. The van der Waals surface area contributed by atoms with E-state index in [9.17, 15) is 31.2 Å². The topological polar surface area (TPSA) is 92.8 Å². The van der Waals surface area contributed by atoms with Crippen molar-refractivity contribution < 1.29 is 35.9 Å². The molecule has 0 aromatic heterocycles. The van der Waals surface area contributed by atoms with Crippen LogP contribution in [0.1, 0.15) is 30.9 Å². The molecular weight excluding hydrogens is 473 g/mol. The number of nitrogens with one attached hydrogen (secondary N) is 1. The van der Waals surface area contributed by atoms with Crippen molar-refractivity contribution in [2.75, 3.05) is 13.1 Å². The van der Waals surface area contributed by atoms with E-state index in [1.165, 1.54) is 6.92 Å². The van der Waals surface area contributed by atoms with Crippen LogP contribution in [0.5, 0.6) is 0 Å². The van der Waals surface area contributed by atoms with E-state index in [-0.39, 0.29) is 32.5 Å². The van der Waals surface area contributed by atoms with Gasteiger partial charge in [0, 0.05) is 19.6 Å². The summed E-state index contributed by atoms with van der Waals surface area (Å²) in [6, 6.07) is 12.8. The average molecular weight is 499 g/mol. The van der Waals surface area contributed by atoms with E-state index in [1.807, 2.05) is 30.3 Å². The van der Waals surface area contributed by atoms with E-state index in [0.717, 1.165) is 28.1 Å². The highest BCUT2D eigenvalue weighted by molar-refractivity contribution is 7.89. The molecule has 7 nitrogen and oxygen atoms in total. The fourth-order valence-electron chi connectivity index (χ4n) is 3.57. The number of alkyl halides is 3. The van der Waals surface area contributed by atoms with Gasteiger partial charge >= 0.3 is 12.1 Å². The van der Waals surface area contributed by atoms with Gasteiger partial charge in [0.15, 0.2) is 6.10 Å². The average Bonchev–Trinajstić information content (AvgIpc) is 2.82. The third-order valence-electron chi connectivity index (χ3n) is 5.56. The summed E-state index contributed by atoms with van der Waals surface area (Å²) in [5, 5.41) is 2.68. The second-order valence-corrected chi connectivity index (χ2v) is 9.92. The summed E-state index contributed by atoms with van der Waals surface area (Å²) < 4.78 is 70.7. The number of halogens is 3. The van der Waals surface area contributed by atoms with Crippen molar-refractivity contribution >= 4 is 21.9 Å². The predicted octanol–water partition coefficient (Wildman–Crippen LogP) is 3.35. The number of rotatable bonds is 7. The Morgan fingerprint density at radius 2 is 1.74 bits per heavy atom. The Labute approximate surface area is 196 Å². The Balaban J connectivity index is 1.52. The number of carbonyl (C=O) groups excluding carboxylic acids is 2. The third kappa shape index (κ3) is 6.35. The molecule has 1 unspecified atom stereocenters. The van der Waals surface area contributed by atoms with Crippen molar-refractivity contribution in [2.45, 2.75) is 43.5 Å². The number of amides is 1. The van der Waals surface area contributed by atoms with E-state index < -0.39 is 50.6 Å². The lowest BCUT2D eigenvalue weighted by molar-refractivity contribution is -0.159. The number of carbonyl (C=O) groups is 2. The quantitative estimate of drug-likeness (QED) is 0.591. The number of esters is 1. The summed E-state index contributed by atoms with van der Waals surface area (Å²) in [7, 11) is -4.15. The lowest BCUT2D eigenvalue weighted by Gasteiger charge is -2.30. The van der Waals surface area contributed by atoms with E-state index in [2.05, 4.69) is 5.32 Å². The molecule has 3 rings (SSSR count). The molecule has 0 radical (unpaired) electrons. The van der Waals surface area contributed by atoms with Crippen molar-refractivity contribution in [3.8, 4) is 0 Å².